The van der Waals surface area contributed by atoms with Crippen LogP contribution in [0.1, 0.15) is 18.5 Å². The Morgan fingerprint density at radius 1 is 1.40 bits per heavy atom. The van der Waals surface area contributed by atoms with Gasteiger partial charge in [0.15, 0.2) is 10.8 Å². The number of hydrogen-bond donors (Lipinski definition) is 1. The summed E-state index contributed by atoms with van der Waals surface area (Å²) in [5.41, 5.74) is -1.02. The SMILES string of the molecule is FC(F)(F)C1(C2CC2)CNc2cnc3cc(Cl)nn3c21. The van der Waals surface area contributed by atoms with Gasteiger partial charge in [-0.2, -0.15) is 18.3 Å². The minimum absolute atomic E-state index is 0.143. The van der Waals surface area contributed by atoms with Gasteiger partial charge in [-0.3, -0.25) is 0 Å². The average molecular weight is 303 g/mol. The van der Waals surface area contributed by atoms with E-state index in [1.165, 1.54) is 16.8 Å². The molecule has 0 bridgehead atoms. The van der Waals surface area contributed by atoms with Gasteiger partial charge in [0.05, 0.1) is 17.6 Å². The zero-order valence-corrected chi connectivity index (χ0v) is 11.0. The molecule has 8 heteroatoms. The Kier molecular flexibility index (Phi) is 2.19. The number of hydrogen-bond acceptors (Lipinski definition) is 3. The Labute approximate surface area is 116 Å². The lowest BCUT2D eigenvalue weighted by atomic mass is 9.80. The first-order valence-corrected chi connectivity index (χ1v) is 6.66. The molecule has 3 heterocycles. The number of alkyl halides is 3. The molecule has 1 saturated carbocycles. The van der Waals surface area contributed by atoms with Gasteiger partial charge in [0, 0.05) is 12.6 Å². The topological polar surface area (TPSA) is 42.2 Å². The van der Waals surface area contributed by atoms with E-state index in [2.05, 4.69) is 15.4 Å². The summed E-state index contributed by atoms with van der Waals surface area (Å²) in [4.78, 5) is 4.09. The van der Waals surface area contributed by atoms with E-state index in [-0.39, 0.29) is 17.4 Å². The predicted molar refractivity (Wildman–Crippen MR) is 66.9 cm³/mol. The molecule has 1 aliphatic carbocycles. The summed E-state index contributed by atoms with van der Waals surface area (Å²) in [6.45, 7) is -0.158. The maximum Gasteiger partial charge on any atom is 0.401 e. The third-order valence-corrected chi connectivity index (χ3v) is 4.40. The van der Waals surface area contributed by atoms with Gasteiger partial charge in [-0.05, 0) is 18.8 Å². The molecule has 0 saturated heterocycles. The summed E-state index contributed by atoms with van der Waals surface area (Å²) >= 11 is 5.81. The minimum Gasteiger partial charge on any atom is -0.381 e. The molecule has 1 unspecified atom stereocenters. The summed E-state index contributed by atoms with van der Waals surface area (Å²) < 4.78 is 42.6. The van der Waals surface area contributed by atoms with Crippen molar-refractivity contribution in [1.82, 2.24) is 14.6 Å². The largest absolute Gasteiger partial charge is 0.401 e. The third kappa shape index (κ3) is 1.38. The maximum atomic E-state index is 13.8. The highest BCUT2D eigenvalue weighted by Gasteiger charge is 2.67. The van der Waals surface area contributed by atoms with E-state index in [4.69, 9.17) is 11.6 Å². The number of halogens is 4. The lowest BCUT2D eigenvalue weighted by molar-refractivity contribution is -0.193. The Bertz CT molecular complexity index is 707. The fourth-order valence-corrected chi connectivity index (χ4v) is 3.34. The van der Waals surface area contributed by atoms with Crippen LogP contribution in [0.3, 0.4) is 0 Å². The van der Waals surface area contributed by atoms with E-state index >= 15 is 0 Å². The van der Waals surface area contributed by atoms with Crippen LogP contribution in [0.2, 0.25) is 5.15 Å². The van der Waals surface area contributed by atoms with Gasteiger partial charge >= 0.3 is 6.18 Å². The van der Waals surface area contributed by atoms with E-state index < -0.39 is 17.5 Å². The van der Waals surface area contributed by atoms with Crippen molar-refractivity contribution in [1.29, 1.82) is 0 Å². The van der Waals surface area contributed by atoms with Crippen LogP contribution in [-0.2, 0) is 5.41 Å². The molecule has 1 aliphatic heterocycles. The van der Waals surface area contributed by atoms with E-state index in [1.807, 2.05) is 0 Å². The van der Waals surface area contributed by atoms with Crippen LogP contribution in [0.15, 0.2) is 12.3 Å². The Hall–Kier alpha value is -1.50. The van der Waals surface area contributed by atoms with Crippen molar-refractivity contribution in [3.8, 4) is 0 Å². The van der Waals surface area contributed by atoms with E-state index in [0.29, 0.717) is 24.2 Å². The number of nitrogens with zero attached hydrogens (tertiary/aromatic N) is 3. The van der Waals surface area contributed by atoms with Crippen LogP contribution >= 0.6 is 11.6 Å². The standard InChI is InChI=1S/C12H10ClF3N4/c13-8-3-9-17-4-7-10(20(9)19-8)11(5-18-7,6-1-2-6)12(14,15)16/h3-4,6,18H,1-2,5H2. The Balaban J connectivity index is 2.06. The first-order chi connectivity index (χ1) is 9.43. The first kappa shape index (κ1) is 12.3. The van der Waals surface area contributed by atoms with Crippen molar-refractivity contribution in [2.24, 2.45) is 5.92 Å². The average Bonchev–Trinajstić information content (AvgIpc) is 3.00. The number of aromatic nitrogens is 3. The van der Waals surface area contributed by atoms with Crippen molar-refractivity contribution >= 4 is 22.9 Å². The lowest BCUT2D eigenvalue weighted by Crippen LogP contribution is -2.47. The molecule has 1 fully saturated rings. The summed E-state index contributed by atoms with van der Waals surface area (Å²) in [5, 5.41) is 6.96. The molecule has 0 spiro atoms. The molecule has 20 heavy (non-hydrogen) atoms. The van der Waals surface area contributed by atoms with Crippen LogP contribution in [-0.4, -0.2) is 27.3 Å². The number of anilines is 1. The molecule has 0 amide bonds. The van der Waals surface area contributed by atoms with Gasteiger partial charge in [-0.1, -0.05) is 11.6 Å². The molecule has 2 aromatic heterocycles. The maximum absolute atomic E-state index is 13.8. The normalized spacial score (nSPS) is 25.8. The fraction of sp³-hybridized carbons (Fsp3) is 0.500. The first-order valence-electron chi connectivity index (χ1n) is 6.29. The van der Waals surface area contributed by atoms with E-state index in [1.54, 1.807) is 0 Å². The second kappa shape index (κ2) is 3.58. The van der Waals surface area contributed by atoms with Crippen LogP contribution in [0.25, 0.3) is 5.65 Å². The predicted octanol–water partition coefficient (Wildman–Crippen LogP) is 3.02. The zero-order chi connectivity index (χ0) is 14.1. The molecule has 106 valence electrons. The second-order valence-electron chi connectivity index (χ2n) is 5.35. The van der Waals surface area contributed by atoms with Gasteiger partial charge in [0.25, 0.3) is 0 Å². The number of rotatable bonds is 1. The quantitative estimate of drug-likeness (QED) is 0.880. The summed E-state index contributed by atoms with van der Waals surface area (Å²) in [6, 6.07) is 1.47. The monoisotopic (exact) mass is 302 g/mol. The Morgan fingerprint density at radius 3 is 2.80 bits per heavy atom. The fourth-order valence-electron chi connectivity index (χ4n) is 3.16. The highest BCUT2D eigenvalue weighted by atomic mass is 35.5. The van der Waals surface area contributed by atoms with Crippen LogP contribution < -0.4 is 5.32 Å². The Morgan fingerprint density at radius 2 is 2.15 bits per heavy atom. The second-order valence-corrected chi connectivity index (χ2v) is 5.74. The van der Waals surface area contributed by atoms with Gasteiger partial charge in [0.2, 0.25) is 0 Å². The molecule has 2 aromatic rings. The highest BCUT2D eigenvalue weighted by Crippen LogP contribution is 2.59. The molecule has 1 atom stereocenters. The minimum atomic E-state index is -4.33. The molecule has 2 aliphatic rings. The van der Waals surface area contributed by atoms with Crippen LogP contribution in [0, 0.1) is 5.92 Å². The summed E-state index contributed by atoms with van der Waals surface area (Å²) in [6.07, 6.45) is -1.74. The molecule has 0 aromatic carbocycles. The molecule has 1 N–H and O–H groups in total. The van der Waals surface area contributed by atoms with Crippen molar-refractivity contribution in [3.63, 3.8) is 0 Å². The third-order valence-electron chi connectivity index (χ3n) is 4.21. The van der Waals surface area contributed by atoms with E-state index in [9.17, 15) is 13.2 Å². The van der Waals surface area contributed by atoms with Crippen molar-refractivity contribution in [3.05, 3.63) is 23.1 Å². The van der Waals surface area contributed by atoms with Crippen LogP contribution in [0.4, 0.5) is 18.9 Å². The lowest BCUT2D eigenvalue weighted by Gasteiger charge is -2.31. The van der Waals surface area contributed by atoms with Crippen molar-refractivity contribution < 1.29 is 13.2 Å². The van der Waals surface area contributed by atoms with Gasteiger partial charge < -0.3 is 5.32 Å². The molecule has 4 nitrogen and oxygen atoms in total. The number of fused-ring (bicyclic) bond motifs is 3. The van der Waals surface area contributed by atoms with Crippen molar-refractivity contribution in [2.75, 3.05) is 11.9 Å². The van der Waals surface area contributed by atoms with E-state index in [0.717, 1.165) is 0 Å². The highest BCUT2D eigenvalue weighted by molar-refractivity contribution is 6.29. The summed E-state index contributed by atoms with van der Waals surface area (Å²) in [5.74, 6) is -0.398. The number of nitrogens with one attached hydrogen (secondary N) is 1. The molecular formula is C12H10ClF3N4. The molecule has 4 rings (SSSR count). The molecular weight excluding hydrogens is 293 g/mol. The van der Waals surface area contributed by atoms with Crippen molar-refractivity contribution in [2.45, 2.75) is 24.4 Å². The molecule has 0 radical (unpaired) electrons. The summed E-state index contributed by atoms with van der Waals surface area (Å²) in [7, 11) is 0. The van der Waals surface area contributed by atoms with Gasteiger partial charge in [-0.15, -0.1) is 0 Å². The zero-order valence-electron chi connectivity index (χ0n) is 10.2. The smallest absolute Gasteiger partial charge is 0.381 e. The van der Waals surface area contributed by atoms with Crippen LogP contribution in [0.5, 0.6) is 0 Å². The van der Waals surface area contributed by atoms with Gasteiger partial charge in [-0.25, -0.2) is 9.50 Å². The van der Waals surface area contributed by atoms with Gasteiger partial charge in [0.1, 0.15) is 5.41 Å².